The van der Waals surface area contributed by atoms with E-state index in [1.165, 1.54) is 31.1 Å². The number of aliphatic imine (C=N–C) groups is 1. The number of hydrogen-bond acceptors (Lipinski definition) is 5. The Balaban J connectivity index is 1.13. The minimum absolute atomic E-state index is 0.496. The molecule has 0 unspecified atom stereocenters. The zero-order chi connectivity index (χ0) is 46.3. The summed E-state index contributed by atoms with van der Waals surface area (Å²) in [6, 6.07) is 78.7. The normalized spacial score (nSPS) is 12.2. The van der Waals surface area contributed by atoms with Crippen LogP contribution < -0.4 is 0 Å². The minimum Gasteiger partial charge on any atom is -0.309 e. The highest BCUT2D eigenvalue weighted by Crippen LogP contribution is 2.45. The molecule has 326 valence electrons. The van der Waals surface area contributed by atoms with Crippen molar-refractivity contribution in [2.45, 2.75) is 6.92 Å². The SMILES string of the molecule is C=N/C(=C(\C=C(/C)c1cc(-c2ccccc2)cc(-c2ccccc2)c1)c1nc(-c2ccccc2)nc(-c2ccccc2)n1)c1ccc2sc3ccc4c(c5ccccc5n4-c4ccccc4)c3c2c1. The molecule has 3 aromatic heterocycles. The van der Waals surface area contributed by atoms with Crippen molar-refractivity contribution in [3.05, 3.63) is 247 Å². The number of fused-ring (bicyclic) bond motifs is 7. The maximum absolute atomic E-state index is 5.30. The van der Waals surface area contributed by atoms with E-state index in [4.69, 9.17) is 19.9 Å². The van der Waals surface area contributed by atoms with E-state index in [0.717, 1.165) is 72.2 Å². The van der Waals surface area contributed by atoms with E-state index < -0.39 is 0 Å². The van der Waals surface area contributed by atoms with Gasteiger partial charge in [-0.15, -0.1) is 11.3 Å². The number of aromatic nitrogens is 4. The summed E-state index contributed by atoms with van der Waals surface area (Å²) >= 11 is 1.81. The summed E-state index contributed by atoms with van der Waals surface area (Å²) < 4.78 is 4.80. The van der Waals surface area contributed by atoms with Gasteiger partial charge in [0.05, 0.1) is 16.7 Å². The molecule has 0 saturated heterocycles. The van der Waals surface area contributed by atoms with Crippen LogP contribution in [0.5, 0.6) is 0 Å². The molecule has 0 aliphatic heterocycles. The Kier molecular flexibility index (Phi) is 10.7. The van der Waals surface area contributed by atoms with Crippen molar-refractivity contribution in [1.29, 1.82) is 0 Å². The Morgan fingerprint density at radius 3 is 1.59 bits per heavy atom. The van der Waals surface area contributed by atoms with Gasteiger partial charge in [-0.3, -0.25) is 4.99 Å². The van der Waals surface area contributed by atoms with Crippen molar-refractivity contribution >= 4 is 76.9 Å². The van der Waals surface area contributed by atoms with Crippen molar-refractivity contribution in [3.8, 4) is 50.7 Å². The van der Waals surface area contributed by atoms with Gasteiger partial charge < -0.3 is 4.57 Å². The highest BCUT2D eigenvalue weighted by molar-refractivity contribution is 7.26. The quantitative estimate of drug-likeness (QED) is 0.101. The first kappa shape index (κ1) is 41.6. The summed E-state index contributed by atoms with van der Waals surface area (Å²) in [6.07, 6.45) is 2.18. The van der Waals surface area contributed by atoms with Crippen LogP contribution in [0.1, 0.15) is 23.9 Å². The summed E-state index contributed by atoms with van der Waals surface area (Å²) in [5.74, 6) is 1.64. The lowest BCUT2D eigenvalue weighted by molar-refractivity contribution is 1.04. The number of nitrogens with zero attached hydrogens (tertiary/aromatic N) is 5. The number of rotatable bonds is 10. The van der Waals surface area contributed by atoms with Gasteiger partial charge in [-0.2, -0.15) is 0 Å². The maximum atomic E-state index is 5.30. The second kappa shape index (κ2) is 17.8. The van der Waals surface area contributed by atoms with Crippen LogP contribution in [-0.4, -0.2) is 26.2 Å². The molecule has 69 heavy (non-hydrogen) atoms. The molecule has 0 aliphatic carbocycles. The lowest BCUT2D eigenvalue weighted by Gasteiger charge is -2.15. The van der Waals surface area contributed by atoms with Crippen molar-refractivity contribution in [2.75, 3.05) is 0 Å². The van der Waals surface area contributed by atoms with Crippen LogP contribution in [0.4, 0.5) is 0 Å². The zero-order valence-electron chi connectivity index (χ0n) is 37.8. The molecule has 0 amide bonds. The monoisotopic (exact) mass is 901 g/mol. The molecule has 5 nitrogen and oxygen atoms in total. The average Bonchev–Trinajstić information content (AvgIpc) is 3.97. The fourth-order valence-electron chi connectivity index (χ4n) is 9.58. The first-order valence-electron chi connectivity index (χ1n) is 23.0. The topological polar surface area (TPSA) is 56.0 Å². The van der Waals surface area contributed by atoms with Crippen molar-refractivity contribution in [3.63, 3.8) is 0 Å². The van der Waals surface area contributed by atoms with Gasteiger partial charge in [-0.25, -0.2) is 15.0 Å². The summed E-state index contributed by atoms with van der Waals surface area (Å²) in [6.45, 7) is 6.44. The Bertz CT molecular complexity index is 3830. The molecule has 0 N–H and O–H groups in total. The first-order valence-corrected chi connectivity index (χ1v) is 23.9. The molecule has 0 aliphatic rings. The number of allylic oxidation sites excluding steroid dienone is 3. The number of benzene rings is 9. The van der Waals surface area contributed by atoms with E-state index in [-0.39, 0.29) is 0 Å². The molecular formula is C63H43N5S. The Morgan fingerprint density at radius 2 is 1.00 bits per heavy atom. The van der Waals surface area contributed by atoms with Crippen LogP contribution in [-0.2, 0) is 0 Å². The van der Waals surface area contributed by atoms with Crippen LogP contribution in [0.15, 0.2) is 236 Å². The summed E-state index contributed by atoms with van der Waals surface area (Å²) in [7, 11) is 0. The standard InChI is InChI=1S/C63H43N5S/c1-41(47-37-48(42-20-8-3-9-21-42)39-49(38-47)43-22-10-4-11-23-43)36-53(63-66-61(44-24-12-5-13-25-44)65-62(67-63)45-26-14-6-15-27-45)60(64-2)46-32-34-56-52(40-46)59-57(69-56)35-33-55-58(59)51-30-18-19-31-54(51)68(55)50-28-16-7-17-29-50/h3-40H,2H2,1H3/b41-36+,60-53+. The fourth-order valence-corrected chi connectivity index (χ4v) is 10.7. The molecule has 0 bridgehead atoms. The van der Waals surface area contributed by atoms with Gasteiger partial charge in [-0.05, 0) is 114 Å². The Hall–Kier alpha value is -8.84. The van der Waals surface area contributed by atoms with E-state index in [9.17, 15) is 0 Å². The summed E-state index contributed by atoms with van der Waals surface area (Å²) in [5.41, 5.74) is 14.2. The predicted octanol–water partition coefficient (Wildman–Crippen LogP) is 16.7. The van der Waals surface area contributed by atoms with E-state index in [1.54, 1.807) is 0 Å². The maximum Gasteiger partial charge on any atom is 0.166 e. The first-order chi connectivity index (χ1) is 34.1. The molecule has 0 fully saturated rings. The van der Waals surface area contributed by atoms with Crippen molar-refractivity contribution in [1.82, 2.24) is 19.5 Å². The molecule has 0 spiro atoms. The molecule has 3 heterocycles. The Labute approximate surface area is 404 Å². The molecule has 12 aromatic rings. The van der Waals surface area contributed by atoms with E-state index in [0.29, 0.717) is 23.2 Å². The second-order valence-electron chi connectivity index (χ2n) is 17.2. The molecule has 0 atom stereocenters. The molecule has 9 aromatic carbocycles. The third-order valence-corrected chi connectivity index (χ3v) is 14.0. The predicted molar refractivity (Wildman–Crippen MR) is 292 cm³/mol. The van der Waals surface area contributed by atoms with Gasteiger partial charge in [0.1, 0.15) is 0 Å². The Morgan fingerprint density at radius 1 is 0.464 bits per heavy atom. The largest absolute Gasteiger partial charge is 0.309 e. The van der Waals surface area contributed by atoms with Gasteiger partial charge in [0.15, 0.2) is 17.5 Å². The molecular weight excluding hydrogens is 859 g/mol. The zero-order valence-corrected chi connectivity index (χ0v) is 38.6. The van der Waals surface area contributed by atoms with Crippen LogP contribution in [0.2, 0.25) is 0 Å². The molecule has 0 radical (unpaired) electrons. The van der Waals surface area contributed by atoms with Gasteiger partial charge >= 0.3 is 0 Å². The van der Waals surface area contributed by atoms with Crippen LogP contribution in [0, 0.1) is 0 Å². The van der Waals surface area contributed by atoms with E-state index in [2.05, 4.69) is 188 Å². The number of para-hydroxylation sites is 2. The smallest absolute Gasteiger partial charge is 0.166 e. The van der Waals surface area contributed by atoms with Gasteiger partial charge in [-0.1, -0.05) is 164 Å². The van der Waals surface area contributed by atoms with E-state index in [1.807, 2.05) is 72.0 Å². The third-order valence-electron chi connectivity index (χ3n) is 12.9. The molecule has 0 saturated carbocycles. The number of thiophene rings is 1. The lowest BCUT2D eigenvalue weighted by atomic mass is 9.92. The van der Waals surface area contributed by atoms with Crippen molar-refractivity contribution in [2.24, 2.45) is 4.99 Å². The van der Waals surface area contributed by atoms with Gasteiger partial charge in [0.25, 0.3) is 0 Å². The highest BCUT2D eigenvalue weighted by atomic mass is 32.1. The third kappa shape index (κ3) is 7.73. The van der Waals surface area contributed by atoms with Gasteiger partial charge in [0.2, 0.25) is 0 Å². The highest BCUT2D eigenvalue weighted by Gasteiger charge is 2.21. The second-order valence-corrected chi connectivity index (χ2v) is 18.2. The summed E-state index contributed by atoms with van der Waals surface area (Å²) in [5, 5.41) is 4.82. The lowest BCUT2D eigenvalue weighted by Crippen LogP contribution is -2.04. The average molecular weight is 902 g/mol. The number of hydrogen-bond donors (Lipinski definition) is 0. The van der Waals surface area contributed by atoms with E-state index >= 15 is 0 Å². The van der Waals surface area contributed by atoms with Crippen LogP contribution >= 0.6 is 11.3 Å². The minimum atomic E-state index is 0.496. The van der Waals surface area contributed by atoms with Crippen LogP contribution in [0.3, 0.4) is 0 Å². The molecule has 12 rings (SSSR count). The fraction of sp³-hybridized carbons (Fsp3) is 0.0159. The van der Waals surface area contributed by atoms with Crippen molar-refractivity contribution < 1.29 is 0 Å². The molecule has 6 heteroatoms. The van der Waals surface area contributed by atoms with Gasteiger partial charge in [0, 0.05) is 58.9 Å². The van der Waals surface area contributed by atoms with Crippen LogP contribution in [0.25, 0.3) is 110 Å². The summed E-state index contributed by atoms with van der Waals surface area (Å²) in [4.78, 5) is 20.6.